The molecule has 0 unspecified atom stereocenters. The molecule has 0 fully saturated rings. The number of benzene rings is 1. The van der Waals surface area contributed by atoms with E-state index in [0.717, 1.165) is 12.1 Å². The first-order valence-corrected chi connectivity index (χ1v) is 6.63. The Balaban J connectivity index is 2.44. The van der Waals surface area contributed by atoms with Crippen LogP contribution in [0.4, 0.5) is 5.69 Å². The van der Waals surface area contributed by atoms with E-state index in [-0.39, 0.29) is 11.6 Å². The van der Waals surface area contributed by atoms with Gasteiger partial charge >= 0.3 is 0 Å². The molecule has 0 aromatic heterocycles. The molecule has 1 amide bonds. The van der Waals surface area contributed by atoms with Crippen molar-refractivity contribution in [3.05, 3.63) is 39.9 Å². The number of hydrogen-bond donors (Lipinski definition) is 2. The number of rotatable bonds is 7. The molecule has 0 bridgehead atoms. The minimum atomic E-state index is -0.593. The molecular formula is C14H21N3O3. The van der Waals surface area contributed by atoms with Crippen LogP contribution in [-0.2, 0) is 11.2 Å². The molecule has 0 aliphatic rings. The number of likely N-dealkylation sites (N-methyl/N-ethyl adjacent to an activating group) is 1. The molecule has 0 saturated heterocycles. The molecule has 0 atom stereocenters. The van der Waals surface area contributed by atoms with Gasteiger partial charge in [-0.1, -0.05) is 19.1 Å². The van der Waals surface area contributed by atoms with Gasteiger partial charge in [0.2, 0.25) is 5.91 Å². The summed E-state index contributed by atoms with van der Waals surface area (Å²) in [5.74, 6) is -0.0544. The molecule has 6 heteroatoms. The van der Waals surface area contributed by atoms with Crippen LogP contribution in [0.2, 0.25) is 0 Å². The first-order chi connectivity index (χ1) is 9.36. The number of amides is 1. The average molecular weight is 279 g/mol. The number of non-ortho nitro benzene ring substituents is 1. The van der Waals surface area contributed by atoms with Gasteiger partial charge in [0.1, 0.15) is 0 Å². The van der Waals surface area contributed by atoms with E-state index in [2.05, 4.69) is 10.6 Å². The summed E-state index contributed by atoms with van der Waals surface area (Å²) in [5, 5.41) is 16.5. The van der Waals surface area contributed by atoms with Gasteiger partial charge in [0.05, 0.1) is 10.5 Å². The number of nitrogens with one attached hydrogen (secondary N) is 2. The van der Waals surface area contributed by atoms with Crippen LogP contribution < -0.4 is 10.6 Å². The second kappa shape index (κ2) is 7.00. The van der Waals surface area contributed by atoms with Crippen LogP contribution in [0.1, 0.15) is 26.3 Å². The standard InChI is InChI=1S/C14H21N3O3/c1-4-16-14(2,3)13(18)15-10-9-11-5-7-12(8-6-11)17(19)20/h5-8,16H,4,9-10H2,1-3H3,(H,15,18). The van der Waals surface area contributed by atoms with E-state index in [1.165, 1.54) is 12.1 Å². The van der Waals surface area contributed by atoms with Crippen molar-refractivity contribution < 1.29 is 9.72 Å². The Bertz CT molecular complexity index is 469. The summed E-state index contributed by atoms with van der Waals surface area (Å²) in [6.07, 6.45) is 0.645. The third kappa shape index (κ3) is 4.62. The lowest BCUT2D eigenvalue weighted by Gasteiger charge is -2.24. The lowest BCUT2D eigenvalue weighted by Crippen LogP contribution is -2.52. The van der Waals surface area contributed by atoms with Gasteiger partial charge in [-0.2, -0.15) is 0 Å². The lowest BCUT2D eigenvalue weighted by atomic mass is 10.0. The summed E-state index contributed by atoms with van der Waals surface area (Å²) in [6.45, 7) is 6.84. The minimum absolute atomic E-state index is 0.0544. The summed E-state index contributed by atoms with van der Waals surface area (Å²) in [5.41, 5.74) is 0.438. The Morgan fingerprint density at radius 2 is 1.90 bits per heavy atom. The predicted octanol–water partition coefficient (Wildman–Crippen LogP) is 1.64. The maximum atomic E-state index is 11.9. The molecule has 0 spiro atoms. The van der Waals surface area contributed by atoms with Crippen molar-refractivity contribution in [3.8, 4) is 0 Å². The van der Waals surface area contributed by atoms with E-state index in [4.69, 9.17) is 0 Å². The molecule has 1 rings (SSSR count). The second-order valence-corrected chi connectivity index (χ2v) is 5.08. The highest BCUT2D eigenvalue weighted by atomic mass is 16.6. The molecular weight excluding hydrogens is 258 g/mol. The summed E-state index contributed by atoms with van der Waals surface area (Å²) in [4.78, 5) is 22.0. The fourth-order valence-corrected chi connectivity index (χ4v) is 1.85. The third-order valence-electron chi connectivity index (χ3n) is 3.03. The van der Waals surface area contributed by atoms with Gasteiger partial charge in [-0.25, -0.2) is 0 Å². The molecule has 0 aliphatic carbocycles. The molecule has 6 nitrogen and oxygen atoms in total. The van der Waals surface area contributed by atoms with Crippen LogP contribution in [0.15, 0.2) is 24.3 Å². The Labute approximate surface area is 118 Å². The smallest absolute Gasteiger partial charge is 0.269 e. The molecule has 0 radical (unpaired) electrons. The van der Waals surface area contributed by atoms with Gasteiger partial charge in [0.25, 0.3) is 5.69 Å². The van der Waals surface area contributed by atoms with E-state index in [0.29, 0.717) is 13.0 Å². The van der Waals surface area contributed by atoms with Gasteiger partial charge in [-0.05, 0) is 32.4 Å². The number of nitro benzene ring substituents is 1. The second-order valence-electron chi connectivity index (χ2n) is 5.08. The maximum Gasteiger partial charge on any atom is 0.269 e. The van der Waals surface area contributed by atoms with E-state index in [9.17, 15) is 14.9 Å². The SMILES string of the molecule is CCNC(C)(C)C(=O)NCCc1ccc([N+](=O)[O-])cc1. The van der Waals surface area contributed by atoms with Crippen LogP contribution >= 0.6 is 0 Å². The third-order valence-corrected chi connectivity index (χ3v) is 3.03. The topological polar surface area (TPSA) is 84.3 Å². The van der Waals surface area contributed by atoms with Crippen LogP contribution in [0, 0.1) is 10.1 Å². The van der Waals surface area contributed by atoms with Gasteiger partial charge < -0.3 is 10.6 Å². The molecule has 1 aromatic carbocycles. The fraction of sp³-hybridized carbons (Fsp3) is 0.500. The molecule has 2 N–H and O–H groups in total. The van der Waals surface area contributed by atoms with Gasteiger partial charge in [0, 0.05) is 18.7 Å². The van der Waals surface area contributed by atoms with Crippen LogP contribution in [0.25, 0.3) is 0 Å². The van der Waals surface area contributed by atoms with Crippen molar-refractivity contribution >= 4 is 11.6 Å². The highest BCUT2D eigenvalue weighted by Gasteiger charge is 2.25. The number of nitro groups is 1. The molecule has 20 heavy (non-hydrogen) atoms. The Morgan fingerprint density at radius 1 is 1.30 bits per heavy atom. The zero-order chi connectivity index (χ0) is 15.2. The molecule has 110 valence electrons. The van der Waals surface area contributed by atoms with E-state index < -0.39 is 10.5 Å². The zero-order valence-corrected chi connectivity index (χ0v) is 12.1. The predicted molar refractivity (Wildman–Crippen MR) is 77.6 cm³/mol. The maximum absolute atomic E-state index is 11.9. The van der Waals surface area contributed by atoms with Crippen molar-refractivity contribution in [1.82, 2.24) is 10.6 Å². The van der Waals surface area contributed by atoms with Crippen molar-refractivity contribution in [2.24, 2.45) is 0 Å². The number of hydrogen-bond acceptors (Lipinski definition) is 4. The number of nitrogens with zero attached hydrogens (tertiary/aromatic N) is 1. The Morgan fingerprint density at radius 3 is 2.40 bits per heavy atom. The first kappa shape index (κ1) is 16.1. The van der Waals surface area contributed by atoms with Gasteiger partial charge in [-0.15, -0.1) is 0 Å². The molecule has 1 aromatic rings. The van der Waals surface area contributed by atoms with E-state index >= 15 is 0 Å². The average Bonchev–Trinajstić information content (AvgIpc) is 2.39. The van der Waals surface area contributed by atoms with Gasteiger partial charge in [-0.3, -0.25) is 14.9 Å². The molecule has 0 saturated carbocycles. The zero-order valence-electron chi connectivity index (χ0n) is 12.1. The number of carbonyl (C=O) groups is 1. The summed E-state index contributed by atoms with van der Waals surface area (Å²) in [7, 11) is 0. The molecule has 0 heterocycles. The monoisotopic (exact) mass is 279 g/mol. The van der Waals surface area contributed by atoms with Crippen LogP contribution in [0.3, 0.4) is 0 Å². The van der Waals surface area contributed by atoms with Crippen LogP contribution in [0.5, 0.6) is 0 Å². The van der Waals surface area contributed by atoms with Crippen molar-refractivity contribution in [3.63, 3.8) is 0 Å². The fourth-order valence-electron chi connectivity index (χ4n) is 1.85. The van der Waals surface area contributed by atoms with Crippen molar-refractivity contribution in [2.75, 3.05) is 13.1 Å². The minimum Gasteiger partial charge on any atom is -0.354 e. The van der Waals surface area contributed by atoms with E-state index in [1.807, 2.05) is 20.8 Å². The van der Waals surface area contributed by atoms with Crippen LogP contribution in [-0.4, -0.2) is 29.5 Å². The highest BCUT2D eigenvalue weighted by molar-refractivity contribution is 5.85. The van der Waals surface area contributed by atoms with Gasteiger partial charge in [0.15, 0.2) is 0 Å². The quantitative estimate of drug-likeness (QED) is 0.587. The first-order valence-electron chi connectivity index (χ1n) is 6.63. The Hall–Kier alpha value is -1.95. The summed E-state index contributed by atoms with van der Waals surface area (Å²) >= 11 is 0. The summed E-state index contributed by atoms with van der Waals surface area (Å²) < 4.78 is 0. The Kier molecular flexibility index (Phi) is 5.64. The number of carbonyl (C=O) groups excluding carboxylic acids is 1. The lowest BCUT2D eigenvalue weighted by molar-refractivity contribution is -0.384. The summed E-state index contributed by atoms with van der Waals surface area (Å²) in [6, 6.07) is 6.36. The van der Waals surface area contributed by atoms with Crippen molar-refractivity contribution in [2.45, 2.75) is 32.7 Å². The van der Waals surface area contributed by atoms with Crippen molar-refractivity contribution in [1.29, 1.82) is 0 Å². The largest absolute Gasteiger partial charge is 0.354 e. The highest BCUT2D eigenvalue weighted by Crippen LogP contribution is 2.12. The normalized spacial score (nSPS) is 11.2. The van der Waals surface area contributed by atoms with E-state index in [1.54, 1.807) is 12.1 Å². The molecule has 0 aliphatic heterocycles.